The molecule has 4 aromatic rings. The first-order valence-electron chi connectivity index (χ1n) is 10.7. The molecule has 5 rings (SSSR count). The first-order chi connectivity index (χ1) is 16.0. The molecule has 0 bridgehead atoms. The third-order valence-corrected chi connectivity index (χ3v) is 5.77. The average molecular weight is 444 g/mol. The maximum Gasteiger partial charge on any atom is 0.341 e. The van der Waals surface area contributed by atoms with Gasteiger partial charge in [0.25, 0.3) is 5.91 Å². The Balaban J connectivity index is 1.58. The van der Waals surface area contributed by atoms with E-state index in [1.165, 1.54) is 35.4 Å². The molecule has 0 spiro atoms. The van der Waals surface area contributed by atoms with Crippen LogP contribution in [0.5, 0.6) is 0 Å². The molecule has 2 aromatic heterocycles. The molecule has 0 atom stereocenters. The van der Waals surface area contributed by atoms with Crippen molar-refractivity contribution in [3.63, 3.8) is 0 Å². The van der Waals surface area contributed by atoms with Crippen molar-refractivity contribution < 1.29 is 23.1 Å². The second-order valence-electron chi connectivity index (χ2n) is 7.77. The molecule has 3 heterocycles. The number of H-pyrrole nitrogens is 1. The number of halogens is 1. The van der Waals surface area contributed by atoms with Gasteiger partial charge >= 0.3 is 5.97 Å². The van der Waals surface area contributed by atoms with Gasteiger partial charge in [0.15, 0.2) is 0 Å². The van der Waals surface area contributed by atoms with E-state index in [0.29, 0.717) is 24.2 Å². The molecule has 0 saturated carbocycles. The van der Waals surface area contributed by atoms with E-state index in [2.05, 4.69) is 4.98 Å². The predicted molar refractivity (Wildman–Crippen MR) is 122 cm³/mol. The number of aromatic amines is 1. The smallest absolute Gasteiger partial charge is 0.341 e. The number of nitrogens with one attached hydrogen (secondary N) is 1. The van der Waals surface area contributed by atoms with Crippen molar-refractivity contribution in [2.45, 2.75) is 13.3 Å². The van der Waals surface area contributed by atoms with Gasteiger partial charge in [-0.25, -0.2) is 9.18 Å². The van der Waals surface area contributed by atoms with Gasteiger partial charge in [0.2, 0.25) is 0 Å². The van der Waals surface area contributed by atoms with E-state index in [1.807, 2.05) is 24.3 Å². The van der Waals surface area contributed by atoms with E-state index in [9.17, 15) is 14.0 Å². The van der Waals surface area contributed by atoms with E-state index in [-0.39, 0.29) is 18.1 Å². The third kappa shape index (κ3) is 3.82. The summed E-state index contributed by atoms with van der Waals surface area (Å²) in [4.78, 5) is 30.8. The number of nitrogens with zero attached hydrogens (tertiary/aromatic N) is 1. The second kappa shape index (κ2) is 8.43. The van der Waals surface area contributed by atoms with Crippen LogP contribution < -0.4 is 0 Å². The van der Waals surface area contributed by atoms with Crippen molar-refractivity contribution in [2.75, 3.05) is 13.2 Å². The highest BCUT2D eigenvalue weighted by Crippen LogP contribution is 2.34. The molecule has 166 valence electrons. The van der Waals surface area contributed by atoms with Gasteiger partial charge in [-0.15, -0.1) is 0 Å². The highest BCUT2D eigenvalue weighted by Gasteiger charge is 2.28. The molecule has 1 N–H and O–H groups in total. The van der Waals surface area contributed by atoms with Crippen LogP contribution in [0.15, 0.2) is 71.7 Å². The van der Waals surface area contributed by atoms with Crippen LogP contribution in [0.1, 0.15) is 28.5 Å². The fourth-order valence-electron chi connectivity index (χ4n) is 4.15. The number of furan rings is 1. The normalized spacial score (nSPS) is 13.4. The number of aromatic nitrogens is 1. The van der Waals surface area contributed by atoms with Gasteiger partial charge in [-0.05, 0) is 60.9 Å². The van der Waals surface area contributed by atoms with Gasteiger partial charge in [-0.3, -0.25) is 4.79 Å². The Bertz CT molecular complexity index is 1370. The number of carbonyl (C=O) groups is 2. The van der Waals surface area contributed by atoms with Crippen LogP contribution in [0, 0.1) is 5.82 Å². The number of rotatable bonds is 4. The molecule has 0 aliphatic carbocycles. The predicted octanol–water partition coefficient (Wildman–Crippen LogP) is 5.17. The van der Waals surface area contributed by atoms with Gasteiger partial charge in [0.05, 0.1) is 30.4 Å². The summed E-state index contributed by atoms with van der Waals surface area (Å²) >= 11 is 0. The molecule has 0 radical (unpaired) electrons. The standard InChI is InChI=1S/C26H21FN2O4/c1-2-33-26(31)22-14-29(25(30)16-3-6-19(27)7-4-16)11-9-21-20-8-5-17(18-10-12-32-15-18)13-23(20)28-24(21)22/h3-8,10,12-15,28H,2,9,11H2,1H3. The summed E-state index contributed by atoms with van der Waals surface area (Å²) in [5.74, 6) is -1.24. The lowest BCUT2D eigenvalue weighted by atomic mass is 10.0. The van der Waals surface area contributed by atoms with Crippen LogP contribution in [-0.4, -0.2) is 34.9 Å². The largest absolute Gasteiger partial charge is 0.472 e. The Morgan fingerprint density at radius 1 is 1.12 bits per heavy atom. The lowest BCUT2D eigenvalue weighted by molar-refractivity contribution is -0.136. The highest BCUT2D eigenvalue weighted by molar-refractivity contribution is 6.18. The molecule has 33 heavy (non-hydrogen) atoms. The quantitative estimate of drug-likeness (QED) is 0.441. The Hall–Kier alpha value is -4.13. The van der Waals surface area contributed by atoms with Crippen molar-refractivity contribution in [3.05, 3.63) is 89.9 Å². The molecule has 0 saturated heterocycles. The number of carbonyl (C=O) groups excluding carboxylic acids is 2. The Morgan fingerprint density at radius 2 is 1.94 bits per heavy atom. The molecular formula is C26H21FN2O4. The average Bonchev–Trinajstić information content (AvgIpc) is 3.43. The van der Waals surface area contributed by atoms with E-state index < -0.39 is 11.8 Å². The van der Waals surface area contributed by atoms with Gasteiger partial charge in [0, 0.05) is 34.8 Å². The summed E-state index contributed by atoms with van der Waals surface area (Å²) in [6, 6.07) is 13.3. The Labute approximate surface area is 189 Å². The maximum absolute atomic E-state index is 13.3. The van der Waals surface area contributed by atoms with Gasteiger partial charge < -0.3 is 19.0 Å². The lowest BCUT2D eigenvalue weighted by Crippen LogP contribution is -2.28. The first-order valence-corrected chi connectivity index (χ1v) is 10.7. The molecule has 1 aliphatic heterocycles. The minimum atomic E-state index is -0.515. The van der Waals surface area contributed by atoms with Crippen LogP contribution in [0.4, 0.5) is 4.39 Å². The van der Waals surface area contributed by atoms with E-state index in [4.69, 9.17) is 9.15 Å². The maximum atomic E-state index is 13.3. The number of ether oxygens (including phenoxy) is 1. The van der Waals surface area contributed by atoms with Crippen molar-refractivity contribution in [3.8, 4) is 11.1 Å². The second-order valence-corrected chi connectivity index (χ2v) is 7.77. The number of esters is 1. The summed E-state index contributed by atoms with van der Waals surface area (Å²) in [7, 11) is 0. The van der Waals surface area contributed by atoms with Crippen molar-refractivity contribution in [1.29, 1.82) is 0 Å². The Kier molecular flexibility index (Phi) is 5.30. The fourth-order valence-corrected chi connectivity index (χ4v) is 4.15. The number of fused-ring (bicyclic) bond motifs is 3. The van der Waals surface area contributed by atoms with Crippen LogP contribution in [-0.2, 0) is 16.0 Å². The molecule has 2 aromatic carbocycles. The van der Waals surface area contributed by atoms with E-state index in [1.54, 1.807) is 19.5 Å². The van der Waals surface area contributed by atoms with Crippen LogP contribution in [0.25, 0.3) is 27.6 Å². The number of hydrogen-bond donors (Lipinski definition) is 1. The van der Waals surface area contributed by atoms with Crippen molar-refractivity contribution >= 4 is 28.4 Å². The van der Waals surface area contributed by atoms with Crippen molar-refractivity contribution in [1.82, 2.24) is 9.88 Å². The summed E-state index contributed by atoms with van der Waals surface area (Å²) in [6.07, 6.45) is 5.37. The van der Waals surface area contributed by atoms with Crippen LogP contribution in [0.3, 0.4) is 0 Å². The summed E-state index contributed by atoms with van der Waals surface area (Å²) in [5.41, 5.74) is 5.03. The van der Waals surface area contributed by atoms with E-state index >= 15 is 0 Å². The summed E-state index contributed by atoms with van der Waals surface area (Å²) in [6.45, 7) is 2.31. The summed E-state index contributed by atoms with van der Waals surface area (Å²) < 4.78 is 23.8. The topological polar surface area (TPSA) is 75.5 Å². The molecule has 1 amide bonds. The molecule has 1 aliphatic rings. The van der Waals surface area contributed by atoms with Crippen LogP contribution >= 0.6 is 0 Å². The number of hydrogen-bond acceptors (Lipinski definition) is 4. The first kappa shape index (κ1) is 20.8. The Morgan fingerprint density at radius 3 is 2.67 bits per heavy atom. The zero-order valence-corrected chi connectivity index (χ0v) is 17.9. The van der Waals surface area contributed by atoms with Crippen LogP contribution in [0.2, 0.25) is 0 Å². The van der Waals surface area contributed by atoms with E-state index in [0.717, 1.165) is 27.6 Å². The monoisotopic (exact) mass is 444 g/mol. The van der Waals surface area contributed by atoms with Gasteiger partial charge in [0.1, 0.15) is 5.82 Å². The molecule has 0 unspecified atom stereocenters. The molecular weight excluding hydrogens is 423 g/mol. The lowest BCUT2D eigenvalue weighted by Gasteiger charge is -2.18. The molecule has 6 nitrogen and oxygen atoms in total. The zero-order valence-electron chi connectivity index (χ0n) is 17.9. The minimum Gasteiger partial charge on any atom is -0.472 e. The van der Waals surface area contributed by atoms with Crippen molar-refractivity contribution in [2.24, 2.45) is 0 Å². The zero-order chi connectivity index (χ0) is 22.9. The number of benzene rings is 2. The van der Waals surface area contributed by atoms with Gasteiger partial charge in [-0.2, -0.15) is 0 Å². The molecule has 7 heteroatoms. The number of amides is 1. The van der Waals surface area contributed by atoms with Gasteiger partial charge in [-0.1, -0.05) is 12.1 Å². The third-order valence-electron chi connectivity index (χ3n) is 5.77. The summed E-state index contributed by atoms with van der Waals surface area (Å²) in [5, 5.41) is 0.975. The highest BCUT2D eigenvalue weighted by atomic mass is 19.1. The molecule has 0 fully saturated rings. The minimum absolute atomic E-state index is 0.211. The SMILES string of the molecule is CCOC(=O)C1=CN(C(=O)c2ccc(F)cc2)CCc2c1[nH]c1cc(-c3ccoc3)ccc21. The fraction of sp³-hybridized carbons (Fsp3) is 0.154.